The zero-order chi connectivity index (χ0) is 10.0. The lowest BCUT2D eigenvalue weighted by Crippen LogP contribution is -2.47. The van der Waals surface area contributed by atoms with E-state index in [-0.39, 0.29) is 5.91 Å². The third-order valence-corrected chi connectivity index (χ3v) is 1.92. The van der Waals surface area contributed by atoms with Crippen LogP contribution in [-0.2, 0) is 9.53 Å². The van der Waals surface area contributed by atoms with E-state index in [9.17, 15) is 15.0 Å². The van der Waals surface area contributed by atoms with Gasteiger partial charge in [-0.3, -0.25) is 4.79 Å². The Morgan fingerprint density at radius 1 is 1.54 bits per heavy atom. The summed E-state index contributed by atoms with van der Waals surface area (Å²) < 4.78 is 4.78. The predicted octanol–water partition coefficient (Wildman–Crippen LogP) is -2.44. The normalized spacial score (nSPS) is 39.1. The van der Waals surface area contributed by atoms with Gasteiger partial charge in [0.1, 0.15) is 18.2 Å². The minimum absolute atomic E-state index is 0.370. The fourth-order valence-corrected chi connectivity index (χ4v) is 1.29. The van der Waals surface area contributed by atoms with Crippen molar-refractivity contribution in [3.05, 3.63) is 0 Å². The second-order valence-electron chi connectivity index (χ2n) is 2.96. The maximum absolute atomic E-state index is 10.6. The monoisotopic (exact) mass is 191 g/mol. The van der Waals surface area contributed by atoms with Gasteiger partial charge < -0.3 is 25.4 Å². The van der Waals surface area contributed by atoms with Crippen LogP contribution in [0.15, 0.2) is 0 Å². The molecule has 1 rings (SSSR count). The molecule has 1 aliphatic heterocycles. The van der Waals surface area contributed by atoms with Crippen molar-refractivity contribution < 1.29 is 24.9 Å². The summed E-state index contributed by atoms with van der Waals surface area (Å²) in [4.78, 5) is 10.6. The van der Waals surface area contributed by atoms with E-state index in [1.54, 1.807) is 0 Å². The highest BCUT2D eigenvalue weighted by Crippen LogP contribution is 2.18. The highest BCUT2D eigenvalue weighted by atomic mass is 16.6. The van der Waals surface area contributed by atoms with Crippen LogP contribution >= 0.6 is 0 Å². The van der Waals surface area contributed by atoms with Crippen molar-refractivity contribution in [2.45, 2.75) is 31.5 Å². The number of nitrogens with one attached hydrogen (secondary N) is 1. The molecule has 1 amide bonds. The Balaban J connectivity index is 2.58. The molecule has 0 bridgehead atoms. The highest BCUT2D eigenvalue weighted by molar-refractivity contribution is 5.73. The van der Waals surface area contributed by atoms with Crippen LogP contribution in [0.25, 0.3) is 0 Å². The summed E-state index contributed by atoms with van der Waals surface area (Å²) in [6.45, 7) is 0.875. The molecule has 1 aliphatic rings. The van der Waals surface area contributed by atoms with Gasteiger partial charge in [-0.2, -0.15) is 0 Å². The molecular formula is C7H13NO5. The summed E-state index contributed by atoms with van der Waals surface area (Å²) in [5.74, 6) is -0.370. The van der Waals surface area contributed by atoms with Gasteiger partial charge in [0.25, 0.3) is 0 Å². The molecular weight excluding hydrogens is 178 g/mol. The van der Waals surface area contributed by atoms with E-state index in [1.807, 2.05) is 0 Å². The number of carbonyl (C=O) groups excluding carboxylic acids is 1. The van der Waals surface area contributed by atoms with Crippen LogP contribution in [0.1, 0.15) is 6.92 Å². The molecule has 0 unspecified atom stereocenters. The van der Waals surface area contributed by atoms with Crippen molar-refractivity contribution in [2.24, 2.45) is 0 Å². The predicted molar refractivity (Wildman–Crippen MR) is 41.6 cm³/mol. The van der Waals surface area contributed by atoms with E-state index in [1.165, 1.54) is 6.92 Å². The molecule has 0 spiro atoms. The number of amides is 1. The van der Waals surface area contributed by atoms with Gasteiger partial charge in [-0.25, -0.2) is 0 Å². The fourth-order valence-electron chi connectivity index (χ4n) is 1.29. The molecule has 13 heavy (non-hydrogen) atoms. The number of hydrogen-bond donors (Lipinski definition) is 4. The second-order valence-corrected chi connectivity index (χ2v) is 2.96. The first-order chi connectivity index (χ1) is 6.06. The molecule has 0 aliphatic carbocycles. The first kappa shape index (κ1) is 10.4. The molecule has 6 nitrogen and oxygen atoms in total. The first-order valence-corrected chi connectivity index (χ1v) is 3.96. The van der Waals surface area contributed by atoms with Gasteiger partial charge in [-0.1, -0.05) is 0 Å². The summed E-state index contributed by atoms with van der Waals surface area (Å²) in [6.07, 6.45) is -3.19. The summed E-state index contributed by atoms with van der Waals surface area (Å²) in [6, 6.07) is -0.866. The quantitative estimate of drug-likeness (QED) is 0.388. The molecule has 0 aromatic carbocycles. The molecule has 6 heteroatoms. The molecule has 0 saturated carbocycles. The Morgan fingerprint density at radius 2 is 2.15 bits per heavy atom. The van der Waals surface area contributed by atoms with Gasteiger partial charge in [0.05, 0.1) is 6.61 Å². The van der Waals surface area contributed by atoms with Gasteiger partial charge in [-0.15, -0.1) is 0 Å². The first-order valence-electron chi connectivity index (χ1n) is 3.96. The maximum Gasteiger partial charge on any atom is 0.217 e. The Labute approximate surface area is 75.1 Å². The molecule has 1 heterocycles. The number of carbonyl (C=O) groups is 1. The van der Waals surface area contributed by atoms with Crippen LogP contribution < -0.4 is 5.32 Å². The summed E-state index contributed by atoms with van der Waals surface area (Å²) >= 11 is 0. The number of aliphatic hydroxyl groups is 3. The highest BCUT2D eigenvalue weighted by Gasteiger charge is 2.42. The van der Waals surface area contributed by atoms with Crippen LogP contribution in [0.4, 0.5) is 0 Å². The minimum atomic E-state index is -1.27. The van der Waals surface area contributed by atoms with E-state index in [4.69, 9.17) is 9.84 Å². The molecule has 0 aromatic heterocycles. The van der Waals surface area contributed by atoms with Crippen molar-refractivity contribution in [1.29, 1.82) is 0 Å². The fraction of sp³-hybridized carbons (Fsp3) is 0.857. The summed E-state index contributed by atoms with van der Waals surface area (Å²) in [5.41, 5.74) is 0. The van der Waals surface area contributed by atoms with Gasteiger partial charge >= 0.3 is 0 Å². The van der Waals surface area contributed by atoms with E-state index in [0.29, 0.717) is 0 Å². The number of hydrogen-bond acceptors (Lipinski definition) is 5. The third kappa shape index (κ3) is 2.16. The van der Waals surface area contributed by atoms with Gasteiger partial charge in [0.15, 0.2) is 6.29 Å². The molecule has 0 aromatic rings. The van der Waals surface area contributed by atoms with Crippen molar-refractivity contribution in [3.63, 3.8) is 0 Å². The number of rotatable bonds is 2. The molecule has 1 fully saturated rings. The van der Waals surface area contributed by atoms with E-state index < -0.39 is 31.1 Å². The lowest BCUT2D eigenvalue weighted by atomic mass is 10.1. The standard InChI is InChI=1S/C7H13NO5/c1-3(10)8-5-6(11)4(2-9)13-7(5)12/h4-7,9,11-12H,2H2,1H3,(H,8,10)/t4-,5+,6+,7-/m0/s1. The zero-order valence-corrected chi connectivity index (χ0v) is 7.17. The lowest BCUT2D eigenvalue weighted by molar-refractivity contribution is -0.127. The minimum Gasteiger partial charge on any atom is -0.394 e. The van der Waals surface area contributed by atoms with Crippen molar-refractivity contribution in [2.75, 3.05) is 6.61 Å². The van der Waals surface area contributed by atoms with Crippen LogP contribution in [0.2, 0.25) is 0 Å². The Hall–Kier alpha value is -0.690. The smallest absolute Gasteiger partial charge is 0.217 e. The second kappa shape index (κ2) is 4.01. The summed E-state index contributed by atoms with van der Waals surface area (Å²) in [7, 11) is 0. The van der Waals surface area contributed by atoms with Gasteiger partial charge in [0.2, 0.25) is 5.91 Å². The topological polar surface area (TPSA) is 99.0 Å². The SMILES string of the molecule is CC(=O)N[C@@H]1[C@H](O)[C@H](CO)O[C@@H]1O. The Bertz CT molecular complexity index is 197. The van der Waals surface area contributed by atoms with Crippen molar-refractivity contribution in [3.8, 4) is 0 Å². The van der Waals surface area contributed by atoms with Crippen LogP contribution in [-0.4, -0.2) is 52.4 Å². The van der Waals surface area contributed by atoms with Gasteiger partial charge in [-0.05, 0) is 0 Å². The third-order valence-electron chi connectivity index (χ3n) is 1.92. The van der Waals surface area contributed by atoms with Crippen molar-refractivity contribution >= 4 is 5.91 Å². The molecule has 1 saturated heterocycles. The molecule has 76 valence electrons. The lowest BCUT2D eigenvalue weighted by Gasteiger charge is -2.17. The van der Waals surface area contributed by atoms with Crippen molar-refractivity contribution in [1.82, 2.24) is 5.32 Å². The molecule has 4 N–H and O–H groups in total. The Kier molecular flexibility index (Phi) is 3.21. The number of aliphatic hydroxyl groups excluding tert-OH is 3. The molecule has 4 atom stereocenters. The summed E-state index contributed by atoms with van der Waals surface area (Å²) in [5, 5.41) is 29.6. The van der Waals surface area contributed by atoms with Crippen LogP contribution in [0.5, 0.6) is 0 Å². The van der Waals surface area contributed by atoms with Crippen LogP contribution in [0.3, 0.4) is 0 Å². The molecule has 0 radical (unpaired) electrons. The van der Waals surface area contributed by atoms with Crippen LogP contribution in [0, 0.1) is 0 Å². The van der Waals surface area contributed by atoms with E-state index in [0.717, 1.165) is 0 Å². The average molecular weight is 191 g/mol. The Morgan fingerprint density at radius 3 is 2.54 bits per heavy atom. The van der Waals surface area contributed by atoms with E-state index >= 15 is 0 Å². The van der Waals surface area contributed by atoms with Gasteiger partial charge in [0, 0.05) is 6.92 Å². The largest absolute Gasteiger partial charge is 0.394 e. The maximum atomic E-state index is 10.6. The zero-order valence-electron chi connectivity index (χ0n) is 7.17. The van der Waals surface area contributed by atoms with E-state index in [2.05, 4.69) is 5.32 Å². The number of ether oxygens (including phenoxy) is 1. The average Bonchev–Trinajstić information content (AvgIpc) is 2.31.